The van der Waals surface area contributed by atoms with Crippen LogP contribution in [-0.4, -0.2) is 61.2 Å². The Hall–Kier alpha value is -3.95. The van der Waals surface area contributed by atoms with Gasteiger partial charge in [-0.25, -0.2) is 4.79 Å². The van der Waals surface area contributed by atoms with Gasteiger partial charge in [0.25, 0.3) is 5.91 Å². The summed E-state index contributed by atoms with van der Waals surface area (Å²) in [5.74, 6) is -0.343. The van der Waals surface area contributed by atoms with Crippen LogP contribution >= 0.6 is 0 Å². The van der Waals surface area contributed by atoms with Gasteiger partial charge in [0.1, 0.15) is 5.69 Å². The molecule has 0 radical (unpaired) electrons. The molecule has 9 nitrogen and oxygen atoms in total. The lowest BCUT2D eigenvalue weighted by molar-refractivity contribution is 0.0369. The topological polar surface area (TPSA) is 122 Å². The minimum absolute atomic E-state index is 0.223. The number of aromatic nitrogens is 1. The Morgan fingerprint density at radius 1 is 1.00 bits per heavy atom. The number of ether oxygens (including phenoxy) is 1. The molecule has 1 fully saturated rings. The summed E-state index contributed by atoms with van der Waals surface area (Å²) in [5.41, 5.74) is 9.25. The summed E-state index contributed by atoms with van der Waals surface area (Å²) in [6, 6.07) is 20.2. The van der Waals surface area contributed by atoms with Gasteiger partial charge in [-0.15, -0.1) is 0 Å². The maximum Gasteiger partial charge on any atom is 0.315 e. The number of nitrogens with zero attached hydrogens (tertiary/aromatic N) is 2. The highest BCUT2D eigenvalue weighted by molar-refractivity contribution is 6.04. The van der Waals surface area contributed by atoms with Gasteiger partial charge in [-0.3, -0.25) is 14.7 Å². The Kier molecular flexibility index (Phi) is 10.1. The van der Waals surface area contributed by atoms with Crippen molar-refractivity contribution in [3.8, 4) is 0 Å². The number of benzene rings is 2. The first-order chi connectivity index (χ1) is 18.6. The molecule has 4 rings (SSSR count). The first kappa shape index (κ1) is 27.1. The lowest BCUT2D eigenvalue weighted by Crippen LogP contribution is -2.40. The first-order valence-electron chi connectivity index (χ1n) is 13.1. The van der Waals surface area contributed by atoms with Crippen LogP contribution in [0.1, 0.15) is 40.5 Å². The summed E-state index contributed by atoms with van der Waals surface area (Å²) in [5, 5.41) is 8.86. The van der Waals surface area contributed by atoms with Gasteiger partial charge in [0.15, 0.2) is 0 Å². The summed E-state index contributed by atoms with van der Waals surface area (Å²) in [4.78, 5) is 32.2. The standard InChI is InChI=1S/C29H36N6O3/c30-24-9-4-5-10-26(24)33-28(36)27-13-12-23(21-32-27)25(11-6-16-35-17-19-38-20-18-35)34-29(37)31-15-14-22-7-2-1-3-8-22/h1-5,7-10,12-13,21,25H,6,11,14-20,30H2,(H,33,36)(H2,31,34,37). The molecule has 0 bridgehead atoms. The summed E-state index contributed by atoms with van der Waals surface area (Å²) < 4.78 is 5.44. The van der Waals surface area contributed by atoms with Crippen molar-refractivity contribution in [3.63, 3.8) is 0 Å². The molecular weight excluding hydrogens is 480 g/mol. The van der Waals surface area contributed by atoms with E-state index in [0.29, 0.717) is 17.9 Å². The molecule has 0 saturated carbocycles. The number of morpholine rings is 1. The summed E-state index contributed by atoms with van der Waals surface area (Å²) in [6.07, 6.45) is 4.07. The SMILES string of the molecule is Nc1ccccc1NC(=O)c1ccc(C(CCCN2CCOCC2)NC(=O)NCCc2ccccc2)cn1. The maximum absolute atomic E-state index is 12.7. The number of nitrogens with one attached hydrogen (secondary N) is 3. The van der Waals surface area contributed by atoms with Gasteiger partial charge in [-0.05, 0) is 55.1 Å². The van der Waals surface area contributed by atoms with Crippen LogP contribution in [0.4, 0.5) is 16.2 Å². The average molecular weight is 517 g/mol. The molecule has 0 spiro atoms. The van der Waals surface area contributed by atoms with Crippen LogP contribution in [0, 0.1) is 0 Å². The van der Waals surface area contributed by atoms with Crippen LogP contribution in [-0.2, 0) is 11.2 Å². The van der Waals surface area contributed by atoms with Gasteiger partial charge in [0.05, 0.1) is 30.6 Å². The number of nitrogen functional groups attached to an aromatic ring is 1. The van der Waals surface area contributed by atoms with E-state index in [0.717, 1.165) is 57.7 Å². The van der Waals surface area contributed by atoms with E-state index in [4.69, 9.17) is 10.5 Å². The number of carbonyl (C=O) groups excluding carboxylic acids is 2. The minimum Gasteiger partial charge on any atom is -0.397 e. The minimum atomic E-state index is -0.343. The third kappa shape index (κ3) is 8.29. The van der Waals surface area contributed by atoms with Crippen LogP contribution in [0.25, 0.3) is 0 Å². The van der Waals surface area contributed by atoms with Gasteiger partial charge in [0.2, 0.25) is 0 Å². The highest BCUT2D eigenvalue weighted by Crippen LogP contribution is 2.20. The van der Waals surface area contributed by atoms with E-state index in [-0.39, 0.29) is 23.7 Å². The van der Waals surface area contributed by atoms with Gasteiger partial charge in [-0.2, -0.15) is 0 Å². The van der Waals surface area contributed by atoms with Gasteiger partial charge >= 0.3 is 6.03 Å². The van der Waals surface area contributed by atoms with Crippen LogP contribution in [0.2, 0.25) is 0 Å². The number of rotatable bonds is 11. The number of nitrogens with two attached hydrogens (primary N) is 1. The molecule has 3 aromatic rings. The molecule has 2 aromatic carbocycles. The largest absolute Gasteiger partial charge is 0.397 e. The predicted molar refractivity (Wildman–Crippen MR) is 149 cm³/mol. The zero-order chi connectivity index (χ0) is 26.6. The van der Waals surface area contributed by atoms with E-state index in [2.05, 4.69) is 25.8 Å². The van der Waals surface area contributed by atoms with Crippen molar-refractivity contribution in [1.82, 2.24) is 20.5 Å². The van der Waals surface area contributed by atoms with Gasteiger partial charge in [-0.1, -0.05) is 48.5 Å². The highest BCUT2D eigenvalue weighted by Gasteiger charge is 2.18. The molecular formula is C29H36N6O3. The number of pyridine rings is 1. The van der Waals surface area contributed by atoms with E-state index >= 15 is 0 Å². The summed E-state index contributed by atoms with van der Waals surface area (Å²) >= 11 is 0. The van der Waals surface area contributed by atoms with Crippen LogP contribution in [0.3, 0.4) is 0 Å². The third-order valence-corrected chi connectivity index (χ3v) is 6.55. The molecule has 9 heteroatoms. The Morgan fingerprint density at radius 2 is 1.76 bits per heavy atom. The normalized spacial score (nSPS) is 14.4. The Labute approximate surface area is 223 Å². The molecule has 200 valence electrons. The van der Waals surface area contributed by atoms with Crippen molar-refractivity contribution >= 4 is 23.3 Å². The average Bonchev–Trinajstić information content (AvgIpc) is 2.95. The van der Waals surface area contributed by atoms with Crippen molar-refractivity contribution in [2.75, 3.05) is 50.4 Å². The second-order valence-electron chi connectivity index (χ2n) is 9.30. The molecule has 1 aromatic heterocycles. The number of hydrogen-bond acceptors (Lipinski definition) is 6. The second kappa shape index (κ2) is 14.1. The second-order valence-corrected chi connectivity index (χ2v) is 9.30. The fourth-order valence-electron chi connectivity index (χ4n) is 4.38. The lowest BCUT2D eigenvalue weighted by atomic mass is 10.0. The fourth-order valence-corrected chi connectivity index (χ4v) is 4.38. The zero-order valence-corrected chi connectivity index (χ0v) is 21.6. The van der Waals surface area contributed by atoms with Crippen LogP contribution in [0.5, 0.6) is 0 Å². The quantitative estimate of drug-likeness (QED) is 0.289. The van der Waals surface area contributed by atoms with Crippen LogP contribution < -0.4 is 21.7 Å². The van der Waals surface area contributed by atoms with Crippen molar-refractivity contribution in [2.45, 2.75) is 25.3 Å². The lowest BCUT2D eigenvalue weighted by Gasteiger charge is -2.27. The molecule has 1 unspecified atom stereocenters. The summed E-state index contributed by atoms with van der Waals surface area (Å²) in [6.45, 7) is 4.84. The van der Waals surface area contributed by atoms with E-state index in [1.807, 2.05) is 42.5 Å². The summed E-state index contributed by atoms with van der Waals surface area (Å²) in [7, 11) is 0. The predicted octanol–water partition coefficient (Wildman–Crippen LogP) is 3.61. The van der Waals surface area contributed by atoms with E-state index in [1.54, 1.807) is 30.5 Å². The number of anilines is 2. The van der Waals surface area contributed by atoms with E-state index in [9.17, 15) is 9.59 Å². The Morgan fingerprint density at radius 3 is 2.50 bits per heavy atom. The molecule has 0 aliphatic carbocycles. The smallest absolute Gasteiger partial charge is 0.315 e. The Balaban J connectivity index is 1.36. The monoisotopic (exact) mass is 516 g/mol. The molecule has 1 saturated heterocycles. The van der Waals surface area contributed by atoms with Crippen molar-refractivity contribution < 1.29 is 14.3 Å². The molecule has 1 aliphatic heterocycles. The zero-order valence-electron chi connectivity index (χ0n) is 21.6. The van der Waals surface area contributed by atoms with Gasteiger partial charge in [0, 0.05) is 25.8 Å². The highest BCUT2D eigenvalue weighted by atomic mass is 16.5. The number of hydrogen-bond donors (Lipinski definition) is 4. The number of amides is 3. The molecule has 38 heavy (non-hydrogen) atoms. The number of carbonyl (C=O) groups is 2. The number of para-hydroxylation sites is 2. The maximum atomic E-state index is 12.7. The van der Waals surface area contributed by atoms with Crippen molar-refractivity contribution in [3.05, 3.63) is 89.7 Å². The third-order valence-electron chi connectivity index (χ3n) is 6.55. The molecule has 1 aliphatic rings. The Bertz CT molecular complexity index is 1170. The molecule has 3 amide bonds. The van der Waals surface area contributed by atoms with E-state index < -0.39 is 0 Å². The van der Waals surface area contributed by atoms with Gasteiger partial charge < -0.3 is 26.4 Å². The van der Waals surface area contributed by atoms with Crippen LogP contribution in [0.15, 0.2) is 72.9 Å². The molecule has 1 atom stereocenters. The molecule has 2 heterocycles. The van der Waals surface area contributed by atoms with E-state index in [1.165, 1.54) is 5.56 Å². The van der Waals surface area contributed by atoms with Crippen molar-refractivity contribution in [1.29, 1.82) is 0 Å². The number of urea groups is 1. The fraction of sp³-hybridized carbons (Fsp3) is 0.345. The molecule has 5 N–H and O–H groups in total. The van der Waals surface area contributed by atoms with Crippen molar-refractivity contribution in [2.24, 2.45) is 0 Å². The first-order valence-corrected chi connectivity index (χ1v) is 13.1.